The zero-order valence-electron chi connectivity index (χ0n) is 11.0. The second-order valence-corrected chi connectivity index (χ2v) is 5.49. The Labute approximate surface area is 124 Å². The van der Waals surface area contributed by atoms with E-state index in [0.29, 0.717) is 29.2 Å². The molecule has 2 aromatic rings. The average molecular weight is 316 g/mol. The normalized spacial score (nSPS) is 17.2. The largest absolute Gasteiger partial charge is 0.401 e. The fraction of sp³-hybridized carbons (Fsp3) is 0.357. The van der Waals surface area contributed by atoms with Gasteiger partial charge in [0.1, 0.15) is 0 Å². The molecule has 0 unspecified atom stereocenters. The first-order valence-corrected chi connectivity index (χ1v) is 6.93. The highest BCUT2D eigenvalue weighted by Gasteiger charge is 2.32. The number of aromatic amines is 1. The molecular weight excluding hydrogens is 303 g/mol. The van der Waals surface area contributed by atoms with Crippen molar-refractivity contribution < 1.29 is 13.2 Å². The quantitative estimate of drug-likeness (QED) is 0.912. The number of alkyl halides is 3. The Morgan fingerprint density at radius 3 is 2.90 bits per heavy atom. The summed E-state index contributed by atoms with van der Waals surface area (Å²) in [4.78, 5) is 1.39. The maximum atomic E-state index is 12.5. The van der Waals surface area contributed by atoms with Crippen molar-refractivity contribution in [2.75, 3.05) is 19.6 Å². The van der Waals surface area contributed by atoms with Gasteiger partial charge in [-0.05, 0) is 18.1 Å². The van der Waals surface area contributed by atoms with Crippen molar-refractivity contribution in [2.45, 2.75) is 12.6 Å². The zero-order valence-corrected chi connectivity index (χ0v) is 11.8. The van der Waals surface area contributed by atoms with E-state index in [0.717, 1.165) is 11.0 Å². The summed E-state index contributed by atoms with van der Waals surface area (Å²) in [6.45, 7) is -0.244. The molecule has 1 aromatic carbocycles. The summed E-state index contributed by atoms with van der Waals surface area (Å²) in [6.07, 6.45) is -1.65. The van der Waals surface area contributed by atoms with E-state index in [1.54, 1.807) is 12.1 Å². The van der Waals surface area contributed by atoms with Gasteiger partial charge in [-0.15, -0.1) is 0 Å². The van der Waals surface area contributed by atoms with E-state index in [-0.39, 0.29) is 6.54 Å². The van der Waals surface area contributed by atoms with Crippen LogP contribution in [0.5, 0.6) is 0 Å². The van der Waals surface area contributed by atoms with Crippen LogP contribution >= 0.6 is 11.6 Å². The smallest absolute Gasteiger partial charge is 0.290 e. The molecule has 0 bridgehead atoms. The minimum absolute atomic E-state index is 0.242. The van der Waals surface area contributed by atoms with Crippen molar-refractivity contribution in [1.29, 1.82) is 0 Å². The second kappa shape index (κ2) is 5.35. The molecule has 0 amide bonds. The number of hydrogen-bond acceptors (Lipinski definition) is 2. The van der Waals surface area contributed by atoms with Crippen LogP contribution in [0, 0.1) is 0 Å². The summed E-state index contributed by atoms with van der Waals surface area (Å²) in [5.41, 5.74) is 2.20. The SMILES string of the molecule is FC(F)(F)CN1CCC=C(c2n[nH]c3c(Cl)cccc23)C1. The third-order valence-corrected chi connectivity index (χ3v) is 3.80. The number of halogens is 4. The van der Waals surface area contributed by atoms with Crippen LogP contribution in [0.15, 0.2) is 24.3 Å². The van der Waals surface area contributed by atoms with Gasteiger partial charge in [0.25, 0.3) is 0 Å². The molecule has 21 heavy (non-hydrogen) atoms. The summed E-state index contributed by atoms with van der Waals surface area (Å²) < 4.78 is 37.5. The average Bonchev–Trinajstić information content (AvgIpc) is 2.82. The minimum atomic E-state index is -4.18. The van der Waals surface area contributed by atoms with E-state index in [1.165, 1.54) is 4.90 Å². The minimum Gasteiger partial charge on any atom is -0.290 e. The Morgan fingerprint density at radius 1 is 1.33 bits per heavy atom. The van der Waals surface area contributed by atoms with Crippen molar-refractivity contribution in [3.05, 3.63) is 35.0 Å². The first-order valence-electron chi connectivity index (χ1n) is 6.55. The fourth-order valence-electron chi connectivity index (χ4n) is 2.62. The summed E-state index contributed by atoms with van der Waals surface area (Å²) in [5, 5.41) is 8.46. The molecule has 112 valence electrons. The van der Waals surface area contributed by atoms with Gasteiger partial charge in [-0.3, -0.25) is 10.00 Å². The fourth-order valence-corrected chi connectivity index (χ4v) is 2.83. The number of H-pyrrole nitrogens is 1. The number of nitrogens with zero attached hydrogens (tertiary/aromatic N) is 2. The van der Waals surface area contributed by atoms with Gasteiger partial charge >= 0.3 is 6.18 Å². The highest BCUT2D eigenvalue weighted by Crippen LogP contribution is 2.30. The van der Waals surface area contributed by atoms with Gasteiger partial charge in [-0.2, -0.15) is 18.3 Å². The van der Waals surface area contributed by atoms with Crippen LogP contribution in [0.1, 0.15) is 12.1 Å². The van der Waals surface area contributed by atoms with Crippen molar-refractivity contribution >= 4 is 28.1 Å². The molecule has 3 nitrogen and oxygen atoms in total. The number of hydrogen-bond donors (Lipinski definition) is 1. The maximum absolute atomic E-state index is 12.5. The molecule has 1 aromatic heterocycles. The number of para-hydroxylation sites is 1. The zero-order chi connectivity index (χ0) is 15.0. The standard InChI is InChI=1S/C14H13ClF3N3/c15-11-5-1-4-10-12(19-20-13(10)11)9-3-2-6-21(7-9)8-14(16,17)18/h1,3-5H,2,6-8H2,(H,19,20). The van der Waals surface area contributed by atoms with Crippen LogP contribution in [-0.2, 0) is 0 Å². The van der Waals surface area contributed by atoms with E-state index in [9.17, 15) is 13.2 Å². The molecule has 1 N–H and O–H groups in total. The van der Waals surface area contributed by atoms with E-state index in [4.69, 9.17) is 11.6 Å². The van der Waals surface area contributed by atoms with Crippen molar-refractivity contribution in [1.82, 2.24) is 15.1 Å². The molecule has 0 spiro atoms. The molecule has 3 rings (SSSR count). The summed E-state index contributed by atoms with van der Waals surface area (Å²) in [5.74, 6) is 0. The molecule has 1 aliphatic heterocycles. The van der Waals surface area contributed by atoms with Gasteiger partial charge in [0.05, 0.1) is 22.8 Å². The summed E-state index contributed by atoms with van der Waals surface area (Å²) in [7, 11) is 0. The molecule has 0 atom stereocenters. The molecular formula is C14H13ClF3N3. The van der Waals surface area contributed by atoms with E-state index in [1.807, 2.05) is 12.1 Å². The third-order valence-electron chi connectivity index (χ3n) is 3.49. The van der Waals surface area contributed by atoms with Gasteiger partial charge in [-0.25, -0.2) is 0 Å². The Bertz CT molecular complexity index is 690. The van der Waals surface area contributed by atoms with Crippen LogP contribution in [-0.4, -0.2) is 40.9 Å². The lowest BCUT2D eigenvalue weighted by molar-refractivity contribution is -0.144. The number of aromatic nitrogens is 2. The molecule has 0 saturated heterocycles. The first-order chi connectivity index (χ1) is 9.94. The molecule has 2 heterocycles. The molecule has 0 fully saturated rings. The monoisotopic (exact) mass is 315 g/mol. The van der Waals surface area contributed by atoms with Gasteiger partial charge in [-0.1, -0.05) is 29.8 Å². The Hall–Kier alpha value is -1.53. The van der Waals surface area contributed by atoms with Crippen molar-refractivity contribution in [3.8, 4) is 0 Å². The first kappa shape index (κ1) is 14.4. The topological polar surface area (TPSA) is 31.9 Å². The molecule has 0 radical (unpaired) electrons. The highest BCUT2D eigenvalue weighted by molar-refractivity contribution is 6.35. The Morgan fingerprint density at radius 2 is 2.14 bits per heavy atom. The van der Waals surface area contributed by atoms with E-state index < -0.39 is 12.7 Å². The maximum Gasteiger partial charge on any atom is 0.401 e. The van der Waals surface area contributed by atoms with Crippen molar-refractivity contribution in [2.24, 2.45) is 0 Å². The lowest BCUT2D eigenvalue weighted by atomic mass is 10.0. The van der Waals surface area contributed by atoms with Crippen LogP contribution in [0.2, 0.25) is 5.02 Å². The van der Waals surface area contributed by atoms with Gasteiger partial charge in [0, 0.05) is 18.5 Å². The molecule has 0 aliphatic carbocycles. The highest BCUT2D eigenvalue weighted by atomic mass is 35.5. The Kier molecular flexibility index (Phi) is 3.67. The number of rotatable bonds is 2. The van der Waals surface area contributed by atoms with Gasteiger partial charge < -0.3 is 0 Å². The second-order valence-electron chi connectivity index (χ2n) is 5.08. The predicted molar refractivity (Wildman–Crippen MR) is 76.2 cm³/mol. The number of benzene rings is 1. The lowest BCUT2D eigenvalue weighted by Crippen LogP contribution is -2.37. The van der Waals surface area contributed by atoms with Crippen LogP contribution in [0.25, 0.3) is 16.5 Å². The van der Waals surface area contributed by atoms with Gasteiger partial charge in [0.2, 0.25) is 0 Å². The molecule has 0 saturated carbocycles. The van der Waals surface area contributed by atoms with Crippen LogP contribution in [0.3, 0.4) is 0 Å². The van der Waals surface area contributed by atoms with Crippen LogP contribution in [0.4, 0.5) is 13.2 Å². The van der Waals surface area contributed by atoms with E-state index in [2.05, 4.69) is 10.2 Å². The van der Waals surface area contributed by atoms with Gasteiger partial charge in [0.15, 0.2) is 0 Å². The number of nitrogens with one attached hydrogen (secondary N) is 1. The molecule has 1 aliphatic rings. The lowest BCUT2D eigenvalue weighted by Gasteiger charge is -2.27. The predicted octanol–water partition coefficient (Wildman–Crippen LogP) is 3.87. The number of fused-ring (bicyclic) bond motifs is 1. The van der Waals surface area contributed by atoms with Crippen molar-refractivity contribution in [3.63, 3.8) is 0 Å². The third kappa shape index (κ3) is 3.06. The van der Waals surface area contributed by atoms with Crippen LogP contribution < -0.4 is 0 Å². The van der Waals surface area contributed by atoms with E-state index >= 15 is 0 Å². The summed E-state index contributed by atoms with van der Waals surface area (Å²) in [6, 6.07) is 5.42. The summed E-state index contributed by atoms with van der Waals surface area (Å²) >= 11 is 6.08. The Balaban J connectivity index is 1.89. The molecule has 7 heteroatoms.